The number of nitrogens with one attached hydrogen (secondary N) is 3. The van der Waals surface area contributed by atoms with Crippen LogP contribution in [0.25, 0.3) is 5.65 Å². The van der Waals surface area contributed by atoms with Crippen molar-refractivity contribution in [2.45, 2.75) is 24.9 Å². The lowest BCUT2D eigenvalue weighted by Gasteiger charge is -2.48. The van der Waals surface area contributed by atoms with Crippen LogP contribution < -0.4 is 20.9 Å². The number of nitrogens with zero attached hydrogens (tertiary/aromatic N) is 7. The molecule has 3 aliphatic rings. The lowest BCUT2D eigenvalue weighted by atomic mass is 10.0. The first-order valence-electron chi connectivity index (χ1n) is 12.1. The fourth-order valence-corrected chi connectivity index (χ4v) is 4.88. The maximum Gasteiger partial charge on any atom is 0.409 e. The summed E-state index contributed by atoms with van der Waals surface area (Å²) in [5.41, 5.74) is 2.23. The number of anilines is 5. The predicted molar refractivity (Wildman–Crippen MR) is 137 cm³/mol. The molecule has 0 unspecified atom stereocenters. The van der Waals surface area contributed by atoms with Crippen LogP contribution in [0, 0.1) is 11.3 Å². The molecule has 13 nitrogen and oxygen atoms in total. The minimum atomic E-state index is -1.18. The fourth-order valence-electron chi connectivity index (χ4n) is 4.60. The van der Waals surface area contributed by atoms with Gasteiger partial charge in [-0.15, -0.1) is 5.10 Å². The van der Waals surface area contributed by atoms with E-state index in [2.05, 4.69) is 46.9 Å². The molecule has 4 N–H and O–H groups in total. The normalized spacial score (nSPS) is 18.3. The molecule has 1 aliphatic carbocycles. The van der Waals surface area contributed by atoms with E-state index in [1.807, 2.05) is 0 Å². The first kappa shape index (κ1) is 23.5. The van der Waals surface area contributed by atoms with Crippen LogP contribution in [0.1, 0.15) is 18.5 Å². The molecule has 192 valence electrons. The summed E-state index contributed by atoms with van der Waals surface area (Å²) in [6, 6.07) is 6.10. The summed E-state index contributed by atoms with van der Waals surface area (Å²) in [5.74, 6) is 0.703. The van der Waals surface area contributed by atoms with Gasteiger partial charge < -0.3 is 25.4 Å². The zero-order valence-corrected chi connectivity index (χ0v) is 20.6. The molecule has 3 aromatic rings. The molecule has 6 rings (SSSR count). The SMILES string of the molecule is N#Cc1cnc2c(NC3CC3)nc(Nc3cc(NC(=O)O)cc(N4CC(N5CCOCC5)C4)c3Cl)nn12. The van der Waals surface area contributed by atoms with Gasteiger partial charge in [0.15, 0.2) is 17.2 Å². The van der Waals surface area contributed by atoms with Crippen LogP contribution in [0.3, 0.4) is 0 Å². The lowest BCUT2D eigenvalue weighted by molar-refractivity contribution is 0.0105. The number of morpholine rings is 1. The Morgan fingerprint density at radius 3 is 2.73 bits per heavy atom. The number of ether oxygens (including phenoxy) is 1. The second kappa shape index (κ2) is 9.55. The number of nitriles is 1. The minimum absolute atomic E-state index is 0.195. The van der Waals surface area contributed by atoms with Crippen LogP contribution in [0.5, 0.6) is 0 Å². The Morgan fingerprint density at radius 2 is 2.03 bits per heavy atom. The largest absolute Gasteiger partial charge is 0.465 e. The molecule has 1 saturated carbocycles. The zero-order valence-electron chi connectivity index (χ0n) is 19.8. The highest BCUT2D eigenvalue weighted by Gasteiger charge is 2.34. The summed E-state index contributed by atoms with van der Waals surface area (Å²) in [4.78, 5) is 24.8. The van der Waals surface area contributed by atoms with Crippen LogP contribution in [0.2, 0.25) is 5.02 Å². The third-order valence-electron chi connectivity index (χ3n) is 6.71. The summed E-state index contributed by atoms with van der Waals surface area (Å²) in [6.45, 7) is 4.80. The van der Waals surface area contributed by atoms with Gasteiger partial charge in [0.1, 0.15) is 6.07 Å². The minimum Gasteiger partial charge on any atom is -0.465 e. The molecule has 1 aromatic carbocycles. The second-order valence-electron chi connectivity index (χ2n) is 9.31. The van der Waals surface area contributed by atoms with Crippen molar-refractivity contribution in [2.24, 2.45) is 0 Å². The highest BCUT2D eigenvalue weighted by atomic mass is 35.5. The molecule has 0 radical (unpaired) electrons. The number of carboxylic acid groups (broad SMARTS) is 1. The van der Waals surface area contributed by atoms with Crippen molar-refractivity contribution >= 4 is 52.2 Å². The molecule has 14 heteroatoms. The highest BCUT2D eigenvalue weighted by Crippen LogP contribution is 2.40. The van der Waals surface area contributed by atoms with Crippen LogP contribution in [-0.2, 0) is 4.74 Å². The van der Waals surface area contributed by atoms with E-state index < -0.39 is 6.09 Å². The number of hydrogen-bond donors (Lipinski definition) is 4. The Labute approximate surface area is 217 Å². The molecule has 3 fully saturated rings. The van der Waals surface area contributed by atoms with Gasteiger partial charge >= 0.3 is 6.09 Å². The maximum absolute atomic E-state index is 11.4. The van der Waals surface area contributed by atoms with Gasteiger partial charge in [-0.05, 0) is 25.0 Å². The van der Waals surface area contributed by atoms with Crippen LogP contribution >= 0.6 is 11.6 Å². The molecule has 2 aromatic heterocycles. The van der Waals surface area contributed by atoms with Crippen molar-refractivity contribution in [3.8, 4) is 6.07 Å². The van der Waals surface area contributed by atoms with Crippen molar-refractivity contribution in [3.63, 3.8) is 0 Å². The summed E-state index contributed by atoms with van der Waals surface area (Å²) >= 11 is 6.84. The standard InChI is InChI=1S/C23H25ClN10O3/c24-19-17(29-22-30-20(27-13-1-2-13)21-26-10-15(9-25)34(21)31-22)7-14(28-23(35)36)8-18(19)33-11-16(12-33)32-3-5-37-6-4-32/h7-8,10,13,16,28H,1-6,11-12H2,(H,35,36)(H2,27,29,30,31). The Balaban J connectivity index is 1.31. The Morgan fingerprint density at radius 1 is 1.24 bits per heavy atom. The molecule has 37 heavy (non-hydrogen) atoms. The molecule has 0 atom stereocenters. The number of halogens is 1. The molecule has 2 aliphatic heterocycles. The average molecular weight is 525 g/mol. The van der Waals surface area contributed by atoms with Crippen molar-refractivity contribution < 1.29 is 14.6 Å². The number of aromatic nitrogens is 4. The summed E-state index contributed by atoms with van der Waals surface area (Å²) in [7, 11) is 0. The van der Waals surface area contributed by atoms with Gasteiger partial charge in [0.05, 0.1) is 35.8 Å². The predicted octanol–water partition coefficient (Wildman–Crippen LogP) is 2.58. The van der Waals surface area contributed by atoms with Crippen LogP contribution in [0.4, 0.5) is 33.6 Å². The van der Waals surface area contributed by atoms with E-state index in [9.17, 15) is 15.2 Å². The van der Waals surface area contributed by atoms with Crippen molar-refractivity contribution in [2.75, 3.05) is 60.2 Å². The van der Waals surface area contributed by atoms with Gasteiger partial charge in [-0.1, -0.05) is 11.6 Å². The van der Waals surface area contributed by atoms with Crippen LogP contribution in [-0.4, -0.2) is 87.2 Å². The Hall–Kier alpha value is -3.86. The van der Waals surface area contributed by atoms with E-state index in [0.29, 0.717) is 45.6 Å². The maximum atomic E-state index is 11.4. The summed E-state index contributed by atoms with van der Waals surface area (Å²) in [5, 5.41) is 32.6. The van der Waals surface area contributed by atoms with Gasteiger partial charge in [0, 0.05) is 44.0 Å². The van der Waals surface area contributed by atoms with Crippen molar-refractivity contribution in [3.05, 3.63) is 29.0 Å². The van der Waals surface area contributed by atoms with E-state index in [-0.39, 0.29) is 11.6 Å². The molecule has 4 heterocycles. The monoisotopic (exact) mass is 524 g/mol. The number of benzene rings is 1. The molecule has 1 amide bonds. The van der Waals surface area contributed by atoms with Gasteiger partial charge in [-0.3, -0.25) is 10.2 Å². The molecule has 0 bridgehead atoms. The Bertz CT molecular complexity index is 1390. The average Bonchev–Trinajstić information content (AvgIpc) is 3.57. The van der Waals surface area contributed by atoms with Gasteiger partial charge in [0.25, 0.3) is 0 Å². The van der Waals surface area contributed by atoms with E-state index in [4.69, 9.17) is 16.3 Å². The quantitative estimate of drug-likeness (QED) is 0.360. The third-order valence-corrected chi connectivity index (χ3v) is 7.11. The number of hydrogen-bond acceptors (Lipinski definition) is 10. The summed E-state index contributed by atoms with van der Waals surface area (Å²) < 4.78 is 6.88. The summed E-state index contributed by atoms with van der Waals surface area (Å²) in [6.07, 6.45) is 2.33. The smallest absolute Gasteiger partial charge is 0.409 e. The number of rotatable bonds is 7. The number of amides is 1. The van der Waals surface area contributed by atoms with Gasteiger partial charge in [-0.2, -0.15) is 14.8 Å². The van der Waals surface area contributed by atoms with Crippen molar-refractivity contribution in [1.82, 2.24) is 24.5 Å². The van der Waals surface area contributed by atoms with E-state index in [1.54, 1.807) is 12.1 Å². The number of imidazole rings is 1. The van der Waals surface area contributed by atoms with E-state index in [0.717, 1.165) is 52.2 Å². The van der Waals surface area contributed by atoms with Crippen molar-refractivity contribution in [1.29, 1.82) is 5.26 Å². The number of fused-ring (bicyclic) bond motifs is 1. The number of carbonyl (C=O) groups is 1. The van der Waals surface area contributed by atoms with E-state index >= 15 is 0 Å². The van der Waals surface area contributed by atoms with Crippen LogP contribution in [0.15, 0.2) is 18.3 Å². The molecular weight excluding hydrogens is 500 g/mol. The lowest BCUT2D eigenvalue weighted by Crippen LogP contribution is -2.61. The third kappa shape index (κ3) is 4.78. The van der Waals surface area contributed by atoms with Gasteiger partial charge in [-0.25, -0.2) is 9.78 Å². The molecule has 2 saturated heterocycles. The van der Waals surface area contributed by atoms with E-state index in [1.165, 1.54) is 10.7 Å². The van der Waals surface area contributed by atoms with Gasteiger partial charge in [0.2, 0.25) is 5.95 Å². The Kier molecular flexibility index (Phi) is 6.07. The molecular formula is C23H25ClN10O3. The molecule has 0 spiro atoms. The highest BCUT2D eigenvalue weighted by molar-refractivity contribution is 6.36. The zero-order chi connectivity index (χ0) is 25.5. The first-order valence-corrected chi connectivity index (χ1v) is 12.5. The topological polar surface area (TPSA) is 156 Å². The second-order valence-corrected chi connectivity index (χ2v) is 9.69. The first-order chi connectivity index (χ1) is 18.0. The fraction of sp³-hybridized carbons (Fsp3) is 0.435.